The number of methoxy groups -OCH3 is 1. The minimum atomic E-state index is -1.29. The number of benzene rings is 3. The largest absolute Gasteiger partial charge is 0.447 e. The third-order valence-corrected chi connectivity index (χ3v) is 8.37. The minimum absolute atomic E-state index is 0.00902. The SMILES string of the molecule is COCCOCCOCCOC(=O)N[C@@](C)(c1ccccc1)[C@@H](O)C[C@@H](Cc1ccccc1)C(=O)N[C@H]1c2ccccc2C[C@H]1O. The van der Waals surface area contributed by atoms with Crippen LogP contribution in [-0.2, 0) is 42.1 Å². The van der Waals surface area contributed by atoms with E-state index in [-0.39, 0.29) is 25.5 Å². The molecule has 1 aliphatic carbocycles. The highest BCUT2D eigenvalue weighted by Crippen LogP contribution is 2.33. The molecular formula is C36H46N2O8. The van der Waals surface area contributed by atoms with Crippen LogP contribution in [-0.4, -0.2) is 81.2 Å². The highest BCUT2D eigenvalue weighted by atomic mass is 16.6. The number of rotatable bonds is 18. The second-order valence-electron chi connectivity index (χ2n) is 11.6. The van der Waals surface area contributed by atoms with E-state index < -0.39 is 35.8 Å². The van der Waals surface area contributed by atoms with Crippen molar-refractivity contribution in [2.75, 3.05) is 46.8 Å². The molecule has 1 aliphatic rings. The van der Waals surface area contributed by atoms with Crippen LogP contribution >= 0.6 is 0 Å². The molecule has 46 heavy (non-hydrogen) atoms. The van der Waals surface area contributed by atoms with Crippen LogP contribution in [0.5, 0.6) is 0 Å². The van der Waals surface area contributed by atoms with Gasteiger partial charge in [0.1, 0.15) is 6.61 Å². The third-order valence-electron chi connectivity index (χ3n) is 8.37. The monoisotopic (exact) mass is 634 g/mol. The fourth-order valence-electron chi connectivity index (χ4n) is 5.74. The number of hydrogen-bond donors (Lipinski definition) is 4. The molecule has 0 heterocycles. The van der Waals surface area contributed by atoms with Gasteiger partial charge in [-0.1, -0.05) is 84.9 Å². The Hall–Kier alpha value is -3.80. The fourth-order valence-corrected chi connectivity index (χ4v) is 5.74. The number of aliphatic hydroxyl groups is 2. The van der Waals surface area contributed by atoms with Gasteiger partial charge in [-0.15, -0.1) is 0 Å². The molecular weight excluding hydrogens is 588 g/mol. The molecule has 3 aromatic carbocycles. The second kappa shape index (κ2) is 17.8. The first kappa shape index (κ1) is 35.1. The zero-order valence-electron chi connectivity index (χ0n) is 26.6. The van der Waals surface area contributed by atoms with Crippen molar-refractivity contribution in [3.63, 3.8) is 0 Å². The standard InChI is InChI=1S/C36H46N2O8/c1-36(29-14-7-4-8-15-29,38-35(42)46-22-21-45-20-19-44-18-17-43-2)32(40)25-28(23-26-11-5-3-6-12-26)34(41)37-33-30-16-10-9-13-27(30)24-31(33)39/h3-16,28,31-33,39-40H,17-25H2,1-2H3,(H,37,41)(H,38,42)/t28-,31-,32+,33+,36+/m1/s1. The summed E-state index contributed by atoms with van der Waals surface area (Å²) in [5, 5.41) is 28.5. The molecule has 0 aliphatic heterocycles. The van der Waals surface area contributed by atoms with Crippen LogP contribution in [0.2, 0.25) is 0 Å². The summed E-state index contributed by atoms with van der Waals surface area (Å²) in [7, 11) is 1.60. The molecule has 10 heteroatoms. The summed E-state index contributed by atoms with van der Waals surface area (Å²) in [6, 6.07) is 25.8. The van der Waals surface area contributed by atoms with Gasteiger partial charge in [-0.3, -0.25) is 4.79 Å². The smallest absolute Gasteiger partial charge is 0.407 e. The van der Waals surface area contributed by atoms with Gasteiger partial charge in [0.15, 0.2) is 0 Å². The van der Waals surface area contributed by atoms with Gasteiger partial charge in [-0.25, -0.2) is 4.79 Å². The summed E-state index contributed by atoms with van der Waals surface area (Å²) in [5.41, 5.74) is 2.19. The molecule has 0 aromatic heterocycles. The van der Waals surface area contributed by atoms with E-state index in [0.29, 0.717) is 44.8 Å². The number of aliphatic hydroxyl groups excluding tert-OH is 2. The molecule has 0 fully saturated rings. The van der Waals surface area contributed by atoms with Crippen molar-refractivity contribution in [3.05, 3.63) is 107 Å². The van der Waals surface area contributed by atoms with E-state index in [9.17, 15) is 19.8 Å². The van der Waals surface area contributed by atoms with Crippen molar-refractivity contribution in [2.45, 2.75) is 50.0 Å². The predicted octanol–water partition coefficient (Wildman–Crippen LogP) is 3.69. The topological polar surface area (TPSA) is 136 Å². The molecule has 0 radical (unpaired) electrons. The van der Waals surface area contributed by atoms with Gasteiger partial charge in [0.05, 0.1) is 56.8 Å². The predicted molar refractivity (Wildman–Crippen MR) is 173 cm³/mol. The summed E-state index contributed by atoms with van der Waals surface area (Å²) in [6.07, 6.45) is -1.80. The Bertz CT molecular complexity index is 1360. The van der Waals surface area contributed by atoms with Crippen molar-refractivity contribution in [2.24, 2.45) is 5.92 Å². The van der Waals surface area contributed by atoms with E-state index in [1.807, 2.05) is 84.9 Å². The molecule has 0 bridgehead atoms. The van der Waals surface area contributed by atoms with E-state index in [0.717, 1.165) is 16.7 Å². The maximum atomic E-state index is 13.9. The molecule has 0 saturated carbocycles. The number of fused-ring (bicyclic) bond motifs is 1. The minimum Gasteiger partial charge on any atom is -0.447 e. The Morgan fingerprint density at radius 2 is 1.48 bits per heavy atom. The first-order valence-electron chi connectivity index (χ1n) is 15.7. The summed E-state index contributed by atoms with van der Waals surface area (Å²) in [5.74, 6) is -0.956. The van der Waals surface area contributed by atoms with Crippen LogP contribution in [0.1, 0.15) is 41.6 Å². The first-order chi connectivity index (χ1) is 22.3. The highest BCUT2D eigenvalue weighted by Gasteiger charge is 2.40. The van der Waals surface area contributed by atoms with E-state index in [2.05, 4.69) is 10.6 Å². The number of carbonyl (C=O) groups excluding carboxylic acids is 2. The lowest BCUT2D eigenvalue weighted by molar-refractivity contribution is -0.128. The summed E-state index contributed by atoms with van der Waals surface area (Å²) >= 11 is 0. The van der Waals surface area contributed by atoms with Crippen LogP contribution in [0.25, 0.3) is 0 Å². The number of hydrogen-bond acceptors (Lipinski definition) is 8. The molecule has 4 rings (SSSR count). The molecule has 2 amide bonds. The fraction of sp³-hybridized carbons (Fsp3) is 0.444. The molecule has 4 N–H and O–H groups in total. The van der Waals surface area contributed by atoms with E-state index in [4.69, 9.17) is 18.9 Å². The Kier molecular flexibility index (Phi) is 13.5. The Morgan fingerprint density at radius 1 is 0.870 bits per heavy atom. The third kappa shape index (κ3) is 9.85. The summed E-state index contributed by atoms with van der Waals surface area (Å²) < 4.78 is 21.1. The zero-order valence-corrected chi connectivity index (χ0v) is 26.6. The van der Waals surface area contributed by atoms with E-state index >= 15 is 0 Å². The van der Waals surface area contributed by atoms with Gasteiger partial charge in [-0.05, 0) is 42.0 Å². The van der Waals surface area contributed by atoms with Crippen molar-refractivity contribution >= 4 is 12.0 Å². The van der Waals surface area contributed by atoms with E-state index in [1.54, 1.807) is 14.0 Å². The Labute approximate surface area is 271 Å². The lowest BCUT2D eigenvalue weighted by Gasteiger charge is -2.37. The number of nitrogens with one attached hydrogen (secondary N) is 2. The molecule has 3 aromatic rings. The van der Waals surface area contributed by atoms with Crippen LogP contribution in [0.15, 0.2) is 84.9 Å². The van der Waals surface area contributed by atoms with Crippen LogP contribution < -0.4 is 10.6 Å². The van der Waals surface area contributed by atoms with Gasteiger partial charge in [0.2, 0.25) is 5.91 Å². The highest BCUT2D eigenvalue weighted by molar-refractivity contribution is 5.80. The average molecular weight is 635 g/mol. The van der Waals surface area contributed by atoms with Crippen molar-refractivity contribution < 1.29 is 38.7 Å². The van der Waals surface area contributed by atoms with Gasteiger partial charge < -0.3 is 39.8 Å². The van der Waals surface area contributed by atoms with Gasteiger partial charge in [0.25, 0.3) is 0 Å². The number of alkyl carbamates (subject to hydrolysis) is 1. The summed E-state index contributed by atoms with van der Waals surface area (Å²) in [6.45, 7) is 3.64. The van der Waals surface area contributed by atoms with Gasteiger partial charge in [0, 0.05) is 19.4 Å². The molecule has 5 atom stereocenters. The Balaban J connectivity index is 1.44. The molecule has 248 valence electrons. The van der Waals surface area contributed by atoms with Gasteiger partial charge >= 0.3 is 6.09 Å². The number of carbonyl (C=O) groups is 2. The van der Waals surface area contributed by atoms with Crippen molar-refractivity contribution in [3.8, 4) is 0 Å². The maximum absolute atomic E-state index is 13.9. The maximum Gasteiger partial charge on any atom is 0.407 e. The quantitative estimate of drug-likeness (QED) is 0.156. The van der Waals surface area contributed by atoms with Crippen LogP contribution in [0.3, 0.4) is 0 Å². The Morgan fingerprint density at radius 3 is 2.17 bits per heavy atom. The number of ether oxygens (including phenoxy) is 4. The molecule has 0 spiro atoms. The zero-order chi connectivity index (χ0) is 32.8. The van der Waals surface area contributed by atoms with Crippen molar-refractivity contribution in [1.82, 2.24) is 10.6 Å². The molecule has 10 nitrogen and oxygen atoms in total. The van der Waals surface area contributed by atoms with Crippen LogP contribution in [0, 0.1) is 5.92 Å². The lowest BCUT2D eigenvalue weighted by Crippen LogP contribution is -2.53. The van der Waals surface area contributed by atoms with Gasteiger partial charge in [-0.2, -0.15) is 0 Å². The summed E-state index contributed by atoms with van der Waals surface area (Å²) in [4.78, 5) is 26.9. The molecule has 0 saturated heterocycles. The lowest BCUT2D eigenvalue weighted by atomic mass is 9.80. The van der Waals surface area contributed by atoms with Crippen molar-refractivity contribution in [1.29, 1.82) is 0 Å². The molecule has 0 unspecified atom stereocenters. The first-order valence-corrected chi connectivity index (χ1v) is 15.7. The van der Waals surface area contributed by atoms with Crippen LogP contribution in [0.4, 0.5) is 4.79 Å². The van der Waals surface area contributed by atoms with E-state index in [1.165, 1.54) is 0 Å². The average Bonchev–Trinajstić information content (AvgIpc) is 3.38. The normalized spacial score (nSPS) is 18.2. The number of amides is 2. The second-order valence-corrected chi connectivity index (χ2v) is 11.6.